The summed E-state index contributed by atoms with van der Waals surface area (Å²) < 4.78 is 0. The summed E-state index contributed by atoms with van der Waals surface area (Å²) in [6.45, 7) is 10.3. The van der Waals surface area contributed by atoms with Crippen molar-refractivity contribution >= 4 is 11.8 Å². The first kappa shape index (κ1) is 16.0. The SMILES string of the molecule is Cc1cc(C)cc(C(N)CSc2nc(C)c(C)c(C)n2)c1. The van der Waals surface area contributed by atoms with Gasteiger partial charge in [0.15, 0.2) is 5.16 Å². The van der Waals surface area contributed by atoms with Crippen molar-refractivity contribution in [1.29, 1.82) is 0 Å². The molecule has 0 saturated heterocycles. The quantitative estimate of drug-likeness (QED) is 0.689. The molecule has 3 nitrogen and oxygen atoms in total. The van der Waals surface area contributed by atoms with E-state index in [4.69, 9.17) is 5.73 Å². The Kier molecular flexibility index (Phi) is 5.01. The van der Waals surface area contributed by atoms with Crippen LogP contribution in [0.2, 0.25) is 0 Å². The van der Waals surface area contributed by atoms with Gasteiger partial charge >= 0.3 is 0 Å². The third-order valence-electron chi connectivity index (χ3n) is 3.68. The van der Waals surface area contributed by atoms with Gasteiger partial charge in [-0.25, -0.2) is 9.97 Å². The number of aryl methyl sites for hydroxylation is 4. The fraction of sp³-hybridized carbons (Fsp3) is 0.412. The number of nitrogens with two attached hydrogens (primary N) is 1. The molecule has 1 atom stereocenters. The largest absolute Gasteiger partial charge is 0.323 e. The van der Waals surface area contributed by atoms with Crippen molar-refractivity contribution in [1.82, 2.24) is 9.97 Å². The van der Waals surface area contributed by atoms with Gasteiger partial charge in [0.05, 0.1) is 0 Å². The monoisotopic (exact) mass is 301 g/mol. The Bertz CT molecular complexity index is 609. The zero-order valence-electron chi connectivity index (χ0n) is 13.4. The van der Waals surface area contributed by atoms with E-state index in [0.29, 0.717) is 0 Å². The lowest BCUT2D eigenvalue weighted by Crippen LogP contribution is -2.14. The minimum atomic E-state index is -0.000819. The van der Waals surface area contributed by atoms with Gasteiger partial charge < -0.3 is 5.73 Å². The smallest absolute Gasteiger partial charge is 0.188 e. The van der Waals surface area contributed by atoms with Crippen molar-refractivity contribution in [2.45, 2.75) is 45.8 Å². The molecule has 0 fully saturated rings. The van der Waals surface area contributed by atoms with E-state index in [1.807, 2.05) is 13.8 Å². The Labute approximate surface area is 131 Å². The van der Waals surface area contributed by atoms with Gasteiger partial charge in [-0.1, -0.05) is 41.1 Å². The number of aromatic nitrogens is 2. The van der Waals surface area contributed by atoms with Crippen LogP contribution in [0.3, 0.4) is 0 Å². The highest BCUT2D eigenvalue weighted by Gasteiger charge is 2.11. The fourth-order valence-electron chi connectivity index (χ4n) is 2.29. The Morgan fingerprint density at radius 3 is 2.00 bits per heavy atom. The van der Waals surface area contributed by atoms with Crippen molar-refractivity contribution in [2.75, 3.05) is 5.75 Å². The van der Waals surface area contributed by atoms with Crippen LogP contribution in [-0.2, 0) is 0 Å². The van der Waals surface area contributed by atoms with E-state index in [1.54, 1.807) is 11.8 Å². The first-order valence-electron chi connectivity index (χ1n) is 7.15. The summed E-state index contributed by atoms with van der Waals surface area (Å²) in [5.41, 5.74) is 13.3. The van der Waals surface area contributed by atoms with Crippen LogP contribution in [-0.4, -0.2) is 15.7 Å². The molecule has 1 unspecified atom stereocenters. The second-order valence-corrected chi connectivity index (χ2v) is 6.63. The van der Waals surface area contributed by atoms with Crippen LogP contribution in [0, 0.1) is 34.6 Å². The van der Waals surface area contributed by atoms with Gasteiger partial charge in [-0.3, -0.25) is 0 Å². The molecule has 0 spiro atoms. The second-order valence-electron chi connectivity index (χ2n) is 5.64. The maximum Gasteiger partial charge on any atom is 0.188 e. The highest BCUT2D eigenvalue weighted by atomic mass is 32.2. The third kappa shape index (κ3) is 4.05. The molecule has 0 aliphatic carbocycles. The molecule has 0 bridgehead atoms. The third-order valence-corrected chi connectivity index (χ3v) is 4.64. The molecule has 2 aromatic rings. The van der Waals surface area contributed by atoms with Gasteiger partial charge in [-0.2, -0.15) is 0 Å². The first-order chi connectivity index (χ1) is 9.86. The van der Waals surface area contributed by atoms with E-state index < -0.39 is 0 Å². The predicted molar refractivity (Wildman–Crippen MR) is 89.8 cm³/mol. The van der Waals surface area contributed by atoms with E-state index in [2.05, 4.69) is 48.9 Å². The summed E-state index contributed by atoms with van der Waals surface area (Å²) in [7, 11) is 0. The number of nitrogens with zero attached hydrogens (tertiary/aromatic N) is 2. The lowest BCUT2D eigenvalue weighted by Gasteiger charge is -2.13. The Balaban J connectivity index is 2.09. The minimum absolute atomic E-state index is 0.000819. The highest BCUT2D eigenvalue weighted by Crippen LogP contribution is 2.23. The molecular formula is C17H23N3S. The van der Waals surface area contributed by atoms with Gasteiger partial charge in [0, 0.05) is 23.2 Å². The van der Waals surface area contributed by atoms with Crippen molar-refractivity contribution < 1.29 is 0 Å². The lowest BCUT2D eigenvalue weighted by atomic mass is 10.0. The van der Waals surface area contributed by atoms with Crippen LogP contribution < -0.4 is 5.73 Å². The highest BCUT2D eigenvalue weighted by molar-refractivity contribution is 7.99. The van der Waals surface area contributed by atoms with E-state index in [9.17, 15) is 0 Å². The Morgan fingerprint density at radius 1 is 0.952 bits per heavy atom. The molecule has 1 aromatic carbocycles. The normalized spacial score (nSPS) is 12.5. The molecule has 1 aromatic heterocycles. The predicted octanol–water partition coefficient (Wildman–Crippen LogP) is 3.81. The molecule has 2 rings (SSSR count). The molecule has 1 heterocycles. The number of rotatable bonds is 4. The number of benzene rings is 1. The van der Waals surface area contributed by atoms with E-state index in [1.165, 1.54) is 16.7 Å². The summed E-state index contributed by atoms with van der Waals surface area (Å²) in [5, 5.41) is 0.815. The molecule has 112 valence electrons. The lowest BCUT2D eigenvalue weighted by molar-refractivity contribution is 0.818. The molecule has 4 heteroatoms. The fourth-order valence-corrected chi connectivity index (χ4v) is 3.21. The Hall–Kier alpha value is -1.39. The van der Waals surface area contributed by atoms with Crippen molar-refractivity contribution in [3.8, 4) is 0 Å². The maximum atomic E-state index is 6.31. The Morgan fingerprint density at radius 2 is 1.48 bits per heavy atom. The number of hydrogen-bond donors (Lipinski definition) is 1. The summed E-state index contributed by atoms with van der Waals surface area (Å²) in [6, 6.07) is 6.48. The topological polar surface area (TPSA) is 51.8 Å². The molecule has 2 N–H and O–H groups in total. The summed E-state index contributed by atoms with van der Waals surface area (Å²) in [5.74, 6) is 0.783. The van der Waals surface area contributed by atoms with Crippen LogP contribution in [0.15, 0.2) is 23.4 Å². The van der Waals surface area contributed by atoms with Gasteiger partial charge in [0.1, 0.15) is 0 Å². The van der Waals surface area contributed by atoms with Crippen molar-refractivity contribution in [2.24, 2.45) is 5.73 Å². The maximum absolute atomic E-state index is 6.31. The average Bonchev–Trinajstić information content (AvgIpc) is 2.40. The van der Waals surface area contributed by atoms with Gasteiger partial charge in [0.25, 0.3) is 0 Å². The summed E-state index contributed by atoms with van der Waals surface area (Å²) >= 11 is 1.62. The molecule has 0 saturated carbocycles. The van der Waals surface area contributed by atoms with Crippen LogP contribution in [0.25, 0.3) is 0 Å². The van der Waals surface area contributed by atoms with Crippen LogP contribution in [0.1, 0.15) is 39.7 Å². The van der Waals surface area contributed by atoms with E-state index in [-0.39, 0.29) is 6.04 Å². The number of thioether (sulfide) groups is 1. The minimum Gasteiger partial charge on any atom is -0.323 e. The number of hydrogen-bond acceptors (Lipinski definition) is 4. The average molecular weight is 301 g/mol. The van der Waals surface area contributed by atoms with E-state index >= 15 is 0 Å². The van der Waals surface area contributed by atoms with Gasteiger partial charge in [0.2, 0.25) is 0 Å². The molecule has 0 aliphatic rings. The molecule has 21 heavy (non-hydrogen) atoms. The standard InChI is InChI=1S/C17H23N3S/c1-10-6-11(2)8-15(7-10)16(18)9-21-17-19-13(4)12(3)14(5)20-17/h6-8,16H,9,18H2,1-5H3. The molecular weight excluding hydrogens is 278 g/mol. The van der Waals surface area contributed by atoms with Gasteiger partial charge in [-0.15, -0.1) is 0 Å². The summed E-state index contributed by atoms with van der Waals surface area (Å²) in [4.78, 5) is 9.06. The second kappa shape index (κ2) is 6.58. The van der Waals surface area contributed by atoms with Crippen molar-refractivity contribution in [3.63, 3.8) is 0 Å². The molecule has 0 radical (unpaired) electrons. The molecule has 0 amide bonds. The summed E-state index contributed by atoms with van der Waals surface area (Å²) in [6.07, 6.45) is 0. The van der Waals surface area contributed by atoms with Crippen LogP contribution in [0.5, 0.6) is 0 Å². The van der Waals surface area contributed by atoms with E-state index in [0.717, 1.165) is 27.9 Å². The van der Waals surface area contributed by atoms with Crippen molar-refractivity contribution in [3.05, 3.63) is 51.8 Å². The van der Waals surface area contributed by atoms with Gasteiger partial charge in [-0.05, 0) is 45.7 Å². The zero-order valence-corrected chi connectivity index (χ0v) is 14.2. The van der Waals surface area contributed by atoms with Crippen LogP contribution in [0.4, 0.5) is 0 Å². The molecule has 0 aliphatic heterocycles. The first-order valence-corrected chi connectivity index (χ1v) is 8.14. The van der Waals surface area contributed by atoms with Crippen LogP contribution >= 0.6 is 11.8 Å². The zero-order chi connectivity index (χ0) is 15.6.